The molecule has 1 fully saturated rings. The van der Waals surface area contributed by atoms with Crippen molar-refractivity contribution < 1.29 is 0 Å². The average molecular weight is 221 g/mol. The van der Waals surface area contributed by atoms with E-state index in [1.54, 1.807) is 0 Å². The third-order valence-electron chi connectivity index (χ3n) is 3.20. The molecule has 2 heterocycles. The summed E-state index contributed by atoms with van der Waals surface area (Å²) in [6.45, 7) is 8.86. The number of nitrogens with one attached hydrogen (secondary N) is 3. The molecule has 1 atom stereocenters. The summed E-state index contributed by atoms with van der Waals surface area (Å²) in [4.78, 5) is 3.44. The largest absolute Gasteiger partial charge is 0.370 e. The normalized spacial score (nSPS) is 21.3. The van der Waals surface area contributed by atoms with Gasteiger partial charge in [0.1, 0.15) is 5.82 Å². The van der Waals surface area contributed by atoms with Gasteiger partial charge in [0.15, 0.2) is 0 Å². The molecule has 0 aromatic carbocycles. The van der Waals surface area contributed by atoms with E-state index in [4.69, 9.17) is 0 Å². The van der Waals surface area contributed by atoms with Gasteiger partial charge in [0.25, 0.3) is 0 Å². The Hall–Kier alpha value is -0.960. The second kappa shape index (κ2) is 4.50. The van der Waals surface area contributed by atoms with Crippen LogP contribution in [0.4, 0.5) is 5.82 Å². The van der Waals surface area contributed by atoms with Gasteiger partial charge in [-0.3, -0.25) is 0 Å². The lowest BCUT2D eigenvalue weighted by Gasteiger charge is -2.16. The van der Waals surface area contributed by atoms with Gasteiger partial charge in [0, 0.05) is 23.7 Å². The van der Waals surface area contributed by atoms with Crippen molar-refractivity contribution in [1.29, 1.82) is 0 Å². The molecule has 3 heteroatoms. The van der Waals surface area contributed by atoms with Crippen molar-refractivity contribution in [2.24, 2.45) is 0 Å². The molecule has 0 radical (unpaired) electrons. The Balaban J connectivity index is 1.87. The molecule has 0 aliphatic carbocycles. The summed E-state index contributed by atoms with van der Waals surface area (Å²) in [6.07, 6.45) is 2.60. The maximum atomic E-state index is 3.49. The minimum Gasteiger partial charge on any atom is -0.370 e. The molecular weight excluding hydrogens is 198 g/mol. The summed E-state index contributed by atoms with van der Waals surface area (Å²) in [6, 6.07) is 4.95. The molecule has 0 saturated carbocycles. The van der Waals surface area contributed by atoms with Crippen molar-refractivity contribution in [3.8, 4) is 0 Å². The van der Waals surface area contributed by atoms with Crippen LogP contribution in [0.2, 0.25) is 0 Å². The summed E-state index contributed by atoms with van der Waals surface area (Å²) in [5.41, 5.74) is 1.49. The zero-order valence-electron chi connectivity index (χ0n) is 10.6. The molecule has 2 rings (SSSR count). The van der Waals surface area contributed by atoms with Crippen LogP contribution in [0.15, 0.2) is 12.1 Å². The van der Waals surface area contributed by atoms with E-state index < -0.39 is 0 Å². The zero-order valence-corrected chi connectivity index (χ0v) is 10.6. The predicted molar refractivity (Wildman–Crippen MR) is 69.0 cm³/mol. The Morgan fingerprint density at radius 2 is 2.19 bits per heavy atom. The SMILES string of the molecule is CC(C)(C)c1ccc(NCC2CCCN2)[nH]1. The Morgan fingerprint density at radius 3 is 2.75 bits per heavy atom. The Labute approximate surface area is 98.0 Å². The second-order valence-electron chi connectivity index (χ2n) is 5.71. The monoisotopic (exact) mass is 221 g/mol. The fraction of sp³-hybridized carbons (Fsp3) is 0.692. The first-order valence-corrected chi connectivity index (χ1v) is 6.22. The van der Waals surface area contributed by atoms with Crippen LogP contribution in [0.1, 0.15) is 39.3 Å². The molecule has 1 unspecified atom stereocenters. The second-order valence-corrected chi connectivity index (χ2v) is 5.71. The number of aromatic amines is 1. The van der Waals surface area contributed by atoms with Crippen LogP contribution in [-0.4, -0.2) is 24.1 Å². The van der Waals surface area contributed by atoms with Crippen molar-refractivity contribution in [2.75, 3.05) is 18.4 Å². The van der Waals surface area contributed by atoms with E-state index in [-0.39, 0.29) is 5.41 Å². The number of rotatable bonds is 3. The lowest BCUT2D eigenvalue weighted by Crippen LogP contribution is -2.29. The van der Waals surface area contributed by atoms with Crippen LogP contribution in [0.3, 0.4) is 0 Å². The van der Waals surface area contributed by atoms with Gasteiger partial charge in [0.05, 0.1) is 0 Å². The van der Waals surface area contributed by atoms with Crippen LogP contribution in [-0.2, 0) is 5.41 Å². The van der Waals surface area contributed by atoms with Crippen LogP contribution in [0, 0.1) is 0 Å². The number of hydrogen-bond donors (Lipinski definition) is 3. The van der Waals surface area contributed by atoms with Crippen LogP contribution in [0.5, 0.6) is 0 Å². The molecule has 0 amide bonds. The van der Waals surface area contributed by atoms with E-state index in [1.807, 2.05) is 0 Å². The van der Waals surface area contributed by atoms with E-state index in [9.17, 15) is 0 Å². The number of hydrogen-bond acceptors (Lipinski definition) is 2. The predicted octanol–water partition coefficient (Wildman–Crippen LogP) is 2.48. The van der Waals surface area contributed by atoms with Crippen molar-refractivity contribution in [3.63, 3.8) is 0 Å². The zero-order chi connectivity index (χ0) is 11.6. The van der Waals surface area contributed by atoms with Crippen molar-refractivity contribution in [3.05, 3.63) is 17.8 Å². The first-order valence-electron chi connectivity index (χ1n) is 6.22. The smallest absolute Gasteiger partial charge is 0.103 e. The lowest BCUT2D eigenvalue weighted by molar-refractivity contribution is 0.572. The van der Waals surface area contributed by atoms with E-state index in [0.717, 1.165) is 12.4 Å². The fourth-order valence-corrected chi connectivity index (χ4v) is 2.10. The Morgan fingerprint density at radius 1 is 1.38 bits per heavy atom. The maximum Gasteiger partial charge on any atom is 0.103 e. The Kier molecular flexibility index (Phi) is 3.24. The summed E-state index contributed by atoms with van der Waals surface area (Å²) in [5, 5.41) is 6.95. The summed E-state index contributed by atoms with van der Waals surface area (Å²) in [5.74, 6) is 1.14. The molecule has 1 saturated heterocycles. The topological polar surface area (TPSA) is 39.8 Å². The highest BCUT2D eigenvalue weighted by molar-refractivity contribution is 5.39. The van der Waals surface area contributed by atoms with Crippen LogP contribution >= 0.6 is 0 Å². The van der Waals surface area contributed by atoms with Gasteiger partial charge in [0.2, 0.25) is 0 Å². The van der Waals surface area contributed by atoms with Crippen molar-refractivity contribution in [1.82, 2.24) is 10.3 Å². The van der Waals surface area contributed by atoms with E-state index in [2.05, 4.69) is 48.5 Å². The number of anilines is 1. The molecule has 0 bridgehead atoms. The standard InChI is InChI=1S/C13H23N3/c1-13(2,3)11-6-7-12(16-11)15-9-10-5-4-8-14-10/h6-7,10,14-16H,4-5,8-9H2,1-3H3. The molecule has 1 aromatic heterocycles. The molecule has 16 heavy (non-hydrogen) atoms. The molecule has 1 aliphatic heterocycles. The average Bonchev–Trinajstić information content (AvgIpc) is 2.85. The minimum absolute atomic E-state index is 0.200. The third kappa shape index (κ3) is 2.79. The number of aromatic nitrogens is 1. The van der Waals surface area contributed by atoms with Gasteiger partial charge in [-0.05, 0) is 31.5 Å². The molecule has 1 aliphatic rings. The van der Waals surface area contributed by atoms with Gasteiger partial charge in [-0.1, -0.05) is 20.8 Å². The highest BCUT2D eigenvalue weighted by atomic mass is 15.0. The van der Waals surface area contributed by atoms with E-state index >= 15 is 0 Å². The number of H-pyrrole nitrogens is 1. The quantitative estimate of drug-likeness (QED) is 0.734. The van der Waals surface area contributed by atoms with E-state index in [1.165, 1.54) is 25.1 Å². The summed E-state index contributed by atoms with van der Waals surface area (Å²) >= 11 is 0. The van der Waals surface area contributed by atoms with Gasteiger partial charge >= 0.3 is 0 Å². The molecule has 90 valence electrons. The van der Waals surface area contributed by atoms with Crippen molar-refractivity contribution in [2.45, 2.75) is 45.1 Å². The van der Waals surface area contributed by atoms with E-state index in [0.29, 0.717) is 6.04 Å². The first kappa shape index (κ1) is 11.5. The Bertz CT molecular complexity index is 329. The summed E-state index contributed by atoms with van der Waals surface area (Å²) in [7, 11) is 0. The van der Waals surface area contributed by atoms with Crippen LogP contribution < -0.4 is 10.6 Å². The molecule has 3 N–H and O–H groups in total. The minimum atomic E-state index is 0.200. The van der Waals surface area contributed by atoms with Crippen LogP contribution in [0.25, 0.3) is 0 Å². The third-order valence-corrected chi connectivity index (χ3v) is 3.20. The molecule has 3 nitrogen and oxygen atoms in total. The molecule has 0 spiro atoms. The molecular formula is C13H23N3. The van der Waals surface area contributed by atoms with Gasteiger partial charge < -0.3 is 15.6 Å². The van der Waals surface area contributed by atoms with Crippen molar-refractivity contribution >= 4 is 5.82 Å². The summed E-state index contributed by atoms with van der Waals surface area (Å²) < 4.78 is 0. The van der Waals surface area contributed by atoms with Gasteiger partial charge in [-0.2, -0.15) is 0 Å². The fourth-order valence-electron chi connectivity index (χ4n) is 2.10. The molecule has 1 aromatic rings. The lowest BCUT2D eigenvalue weighted by atomic mass is 9.93. The highest BCUT2D eigenvalue weighted by Gasteiger charge is 2.16. The first-order chi connectivity index (χ1) is 7.55. The van der Waals surface area contributed by atoms with Gasteiger partial charge in [-0.25, -0.2) is 0 Å². The highest BCUT2D eigenvalue weighted by Crippen LogP contribution is 2.22. The van der Waals surface area contributed by atoms with Gasteiger partial charge in [-0.15, -0.1) is 0 Å². The maximum absolute atomic E-state index is 3.49.